The summed E-state index contributed by atoms with van der Waals surface area (Å²) in [6, 6.07) is 9.00. The number of amides is 3. The van der Waals surface area contributed by atoms with E-state index in [0.29, 0.717) is 32.5 Å². The molecule has 0 bridgehead atoms. The zero-order valence-corrected chi connectivity index (χ0v) is 23.1. The number of nitrogens with one attached hydrogen (secondary N) is 3. The normalized spacial score (nSPS) is 18.8. The number of piperidine rings is 2. The lowest BCUT2D eigenvalue weighted by molar-refractivity contribution is -0.121. The number of hydrogen-bond donors (Lipinski definition) is 3. The topological polar surface area (TPSA) is 99.8 Å². The third kappa shape index (κ3) is 8.78. The van der Waals surface area contributed by atoms with E-state index in [1.807, 2.05) is 0 Å². The second kappa shape index (κ2) is 15.0. The predicted octanol–water partition coefficient (Wildman–Crippen LogP) is 5.70. The molecule has 2 aromatic carbocycles. The molecule has 0 radical (unpaired) electrons. The summed E-state index contributed by atoms with van der Waals surface area (Å²) in [4.78, 5) is 37.4. The van der Waals surface area contributed by atoms with Gasteiger partial charge < -0.3 is 25.6 Å². The highest BCUT2D eigenvalue weighted by Gasteiger charge is 2.29. The molecule has 0 saturated carbocycles. The predicted molar refractivity (Wildman–Crippen MR) is 147 cm³/mol. The monoisotopic (exact) mass is 584 g/mol. The van der Waals surface area contributed by atoms with Crippen molar-refractivity contribution in [2.75, 3.05) is 43.4 Å². The molecule has 2 heterocycles. The minimum absolute atomic E-state index is 0.0181. The van der Waals surface area contributed by atoms with E-state index in [-0.39, 0.29) is 45.7 Å². The molecule has 2 fully saturated rings. The summed E-state index contributed by atoms with van der Waals surface area (Å²) in [7, 11) is 0. The Morgan fingerprint density at radius 2 is 1.51 bits per heavy atom. The number of likely N-dealkylation sites (tertiary alicyclic amines) is 1. The fourth-order valence-corrected chi connectivity index (χ4v) is 4.67. The maximum Gasteiger partial charge on any atom is 0.409 e. The van der Waals surface area contributed by atoms with E-state index >= 15 is 0 Å². The van der Waals surface area contributed by atoms with Gasteiger partial charge in [-0.05, 0) is 63.4 Å². The van der Waals surface area contributed by atoms with Crippen molar-refractivity contribution in [3.63, 3.8) is 0 Å². The summed E-state index contributed by atoms with van der Waals surface area (Å²) in [5, 5.41) is 8.24. The Hall–Kier alpha value is -2.95. The van der Waals surface area contributed by atoms with E-state index in [2.05, 4.69) is 16.0 Å². The maximum absolute atomic E-state index is 13.8. The van der Waals surface area contributed by atoms with Gasteiger partial charge in [0.1, 0.15) is 0 Å². The molecule has 2 aliphatic rings. The number of nitrogens with zero attached hydrogens (tertiary/aromatic N) is 1. The van der Waals surface area contributed by atoms with Crippen LogP contribution in [0, 0.1) is 23.5 Å². The number of ether oxygens (including phenoxy) is 1. The fraction of sp³-hybridized carbons (Fsp3) is 0.444. The van der Waals surface area contributed by atoms with Gasteiger partial charge in [-0.1, -0.05) is 35.3 Å². The van der Waals surface area contributed by atoms with Crippen molar-refractivity contribution in [1.82, 2.24) is 10.2 Å². The van der Waals surface area contributed by atoms with Gasteiger partial charge in [0.2, 0.25) is 11.8 Å². The quantitative estimate of drug-likeness (QED) is 0.418. The van der Waals surface area contributed by atoms with Gasteiger partial charge in [-0.25, -0.2) is 13.6 Å². The standard InChI is InChI=1S/C15H18ClFN2O3.C12H14ClFN2O/c1-2-22-15(21)19-8-4-5-10(9-19)14(20)18-12-7-3-6-11(16)13(12)17;13-9-4-1-5-10(11(9)14)16-12(17)8-3-2-6-15-7-8/h3,6-7,10H,2,4-5,8-9H2,1H3,(H,18,20);1,4-5,8,15H,2-3,6-7H2,(H,16,17)/t10-;8-/m00/s1. The van der Waals surface area contributed by atoms with E-state index < -0.39 is 23.6 Å². The molecule has 3 N–H and O–H groups in total. The molecule has 2 atom stereocenters. The number of rotatable bonds is 5. The largest absolute Gasteiger partial charge is 0.450 e. The molecule has 2 aliphatic heterocycles. The van der Waals surface area contributed by atoms with Crippen molar-refractivity contribution < 1.29 is 27.9 Å². The summed E-state index contributed by atoms with van der Waals surface area (Å²) in [6.07, 6.45) is 2.73. The number of carbonyl (C=O) groups is 3. The van der Waals surface area contributed by atoms with Gasteiger partial charge in [0.15, 0.2) is 11.6 Å². The minimum Gasteiger partial charge on any atom is -0.450 e. The van der Waals surface area contributed by atoms with Crippen LogP contribution in [0.3, 0.4) is 0 Å². The smallest absolute Gasteiger partial charge is 0.409 e. The van der Waals surface area contributed by atoms with Crippen LogP contribution in [0.5, 0.6) is 0 Å². The molecular weight excluding hydrogens is 553 g/mol. The van der Waals surface area contributed by atoms with Gasteiger partial charge in [0.25, 0.3) is 0 Å². The molecular formula is C27H32Cl2F2N4O4. The van der Waals surface area contributed by atoms with Crippen molar-refractivity contribution in [1.29, 1.82) is 0 Å². The van der Waals surface area contributed by atoms with Crippen molar-refractivity contribution in [3.05, 3.63) is 58.1 Å². The van der Waals surface area contributed by atoms with Crippen LogP contribution in [0.15, 0.2) is 36.4 Å². The molecule has 8 nitrogen and oxygen atoms in total. The molecule has 212 valence electrons. The molecule has 4 rings (SSSR count). The Kier molecular flexibility index (Phi) is 11.8. The van der Waals surface area contributed by atoms with Crippen molar-refractivity contribution in [3.8, 4) is 0 Å². The molecule has 12 heteroatoms. The number of benzene rings is 2. The van der Waals surface area contributed by atoms with Crippen molar-refractivity contribution >= 4 is 52.5 Å². The van der Waals surface area contributed by atoms with Crippen LogP contribution in [0.25, 0.3) is 0 Å². The van der Waals surface area contributed by atoms with Crippen LogP contribution in [0.4, 0.5) is 25.0 Å². The highest BCUT2D eigenvalue weighted by molar-refractivity contribution is 6.31. The molecule has 39 heavy (non-hydrogen) atoms. The Morgan fingerprint density at radius 1 is 0.949 bits per heavy atom. The van der Waals surface area contributed by atoms with Crippen LogP contribution in [0.1, 0.15) is 32.6 Å². The van der Waals surface area contributed by atoms with Gasteiger partial charge in [-0.2, -0.15) is 0 Å². The summed E-state index contributed by atoms with van der Waals surface area (Å²) < 4.78 is 32.3. The van der Waals surface area contributed by atoms with E-state index in [4.69, 9.17) is 27.9 Å². The van der Waals surface area contributed by atoms with E-state index in [1.54, 1.807) is 19.1 Å². The van der Waals surface area contributed by atoms with Crippen molar-refractivity contribution in [2.45, 2.75) is 32.6 Å². The SMILES string of the molecule is CCOC(=O)N1CCC[C@H](C(=O)Nc2cccc(Cl)c2F)C1.O=C(Nc1cccc(Cl)c1F)[C@H]1CCCNC1. The first kappa shape index (κ1) is 30.6. The van der Waals surface area contributed by atoms with Crippen molar-refractivity contribution in [2.24, 2.45) is 11.8 Å². The highest BCUT2D eigenvalue weighted by Crippen LogP contribution is 2.25. The lowest BCUT2D eigenvalue weighted by atomic mass is 9.97. The van der Waals surface area contributed by atoms with Crippen LogP contribution < -0.4 is 16.0 Å². The van der Waals surface area contributed by atoms with Gasteiger partial charge in [-0.3, -0.25) is 9.59 Å². The van der Waals surface area contributed by atoms with Gasteiger partial charge in [-0.15, -0.1) is 0 Å². The zero-order chi connectivity index (χ0) is 28.4. The Bertz CT molecular complexity index is 1160. The summed E-state index contributed by atoms with van der Waals surface area (Å²) in [6.45, 7) is 4.44. The second-order valence-electron chi connectivity index (χ2n) is 9.21. The second-order valence-corrected chi connectivity index (χ2v) is 10.0. The first-order valence-corrected chi connectivity index (χ1v) is 13.6. The number of anilines is 2. The lowest BCUT2D eigenvalue weighted by Gasteiger charge is -2.31. The van der Waals surface area contributed by atoms with Crippen LogP contribution in [-0.4, -0.2) is 55.6 Å². The zero-order valence-electron chi connectivity index (χ0n) is 21.6. The molecule has 2 aromatic rings. The average Bonchev–Trinajstić information content (AvgIpc) is 2.95. The van der Waals surface area contributed by atoms with Gasteiger partial charge >= 0.3 is 6.09 Å². The van der Waals surface area contributed by atoms with Gasteiger partial charge in [0.05, 0.1) is 39.9 Å². The number of carbonyl (C=O) groups excluding carboxylic acids is 3. The van der Waals surface area contributed by atoms with Crippen LogP contribution >= 0.6 is 23.2 Å². The molecule has 2 saturated heterocycles. The Morgan fingerprint density at radius 3 is 2.05 bits per heavy atom. The molecule has 0 unspecified atom stereocenters. The van der Waals surface area contributed by atoms with E-state index in [9.17, 15) is 23.2 Å². The van der Waals surface area contributed by atoms with Gasteiger partial charge in [0, 0.05) is 19.6 Å². The number of hydrogen-bond acceptors (Lipinski definition) is 5. The molecule has 0 spiro atoms. The first-order chi connectivity index (χ1) is 18.7. The summed E-state index contributed by atoms with van der Waals surface area (Å²) in [5.41, 5.74) is 0.193. The Balaban J connectivity index is 0.000000223. The number of halogens is 4. The third-order valence-corrected chi connectivity index (χ3v) is 6.99. The lowest BCUT2D eigenvalue weighted by Crippen LogP contribution is -2.44. The summed E-state index contributed by atoms with van der Waals surface area (Å²) >= 11 is 11.3. The minimum atomic E-state index is -0.657. The third-order valence-electron chi connectivity index (χ3n) is 6.40. The highest BCUT2D eigenvalue weighted by atomic mass is 35.5. The first-order valence-electron chi connectivity index (χ1n) is 12.8. The Labute approximate surface area is 236 Å². The maximum atomic E-state index is 13.8. The molecule has 3 amide bonds. The van der Waals surface area contributed by atoms with E-state index in [1.165, 1.54) is 29.2 Å². The fourth-order valence-electron chi connectivity index (χ4n) is 4.32. The molecule has 0 aromatic heterocycles. The molecule has 0 aliphatic carbocycles. The van der Waals surface area contributed by atoms with Crippen LogP contribution in [0.2, 0.25) is 10.0 Å². The average molecular weight is 585 g/mol. The van der Waals surface area contributed by atoms with E-state index in [0.717, 1.165) is 19.4 Å². The summed E-state index contributed by atoms with van der Waals surface area (Å²) in [5.74, 6) is -2.20. The van der Waals surface area contributed by atoms with Crippen LogP contribution in [-0.2, 0) is 14.3 Å².